The van der Waals surface area contributed by atoms with Crippen LogP contribution in [-0.4, -0.2) is 27.8 Å². The monoisotopic (exact) mass is 399 g/mol. The number of hydrogen-bond acceptors (Lipinski definition) is 5. The highest BCUT2D eigenvalue weighted by atomic mass is 16.2. The van der Waals surface area contributed by atoms with E-state index in [4.69, 9.17) is 0 Å². The molecule has 1 atom stereocenters. The summed E-state index contributed by atoms with van der Waals surface area (Å²) in [6.45, 7) is 0. The van der Waals surface area contributed by atoms with E-state index in [1.165, 1.54) is 0 Å². The lowest BCUT2D eigenvalue weighted by Gasteiger charge is -2.19. The zero-order chi connectivity index (χ0) is 20.7. The van der Waals surface area contributed by atoms with E-state index in [0.29, 0.717) is 23.4 Å². The maximum absolute atomic E-state index is 12.7. The van der Waals surface area contributed by atoms with Crippen LogP contribution in [0.15, 0.2) is 64.4 Å². The minimum Gasteiger partial charge on any atom is -0.321 e. The summed E-state index contributed by atoms with van der Waals surface area (Å²) in [4.78, 5) is 36.8. The number of nitrogens with zero attached hydrogens (tertiary/aromatic N) is 3. The van der Waals surface area contributed by atoms with Crippen molar-refractivity contribution in [1.29, 1.82) is 0 Å². The number of amides is 2. The van der Waals surface area contributed by atoms with Gasteiger partial charge in [0.15, 0.2) is 11.5 Å². The average Bonchev–Trinajstić information content (AvgIpc) is 3.21. The summed E-state index contributed by atoms with van der Waals surface area (Å²) in [5, 5.41) is 17.5. The highest BCUT2D eigenvalue weighted by Crippen LogP contribution is 2.34. The number of rotatable bonds is 3. The molecule has 1 aliphatic heterocycles. The maximum atomic E-state index is 12.7. The summed E-state index contributed by atoms with van der Waals surface area (Å²) in [7, 11) is 0. The molecule has 5 rings (SSSR count). The highest BCUT2D eigenvalue weighted by Gasteiger charge is 2.29. The van der Waals surface area contributed by atoms with Gasteiger partial charge < -0.3 is 5.32 Å². The van der Waals surface area contributed by atoms with Crippen LogP contribution < -0.4 is 5.32 Å². The van der Waals surface area contributed by atoms with Crippen molar-refractivity contribution in [2.45, 2.75) is 19.3 Å². The predicted octanol–water partition coefficient (Wildman–Crippen LogP) is 3.63. The van der Waals surface area contributed by atoms with E-state index in [-0.39, 0.29) is 17.4 Å². The van der Waals surface area contributed by atoms with Crippen LogP contribution in [0.5, 0.6) is 0 Å². The van der Waals surface area contributed by atoms with Crippen molar-refractivity contribution >= 4 is 29.0 Å². The third-order valence-corrected chi connectivity index (χ3v) is 5.40. The van der Waals surface area contributed by atoms with Crippen LogP contribution in [0.4, 0.5) is 5.69 Å². The van der Waals surface area contributed by atoms with E-state index >= 15 is 0 Å². The van der Waals surface area contributed by atoms with Crippen molar-refractivity contribution in [1.82, 2.24) is 10.2 Å². The predicted molar refractivity (Wildman–Crippen MR) is 109 cm³/mol. The number of hydrogen-bond donors (Lipinski definition) is 2. The van der Waals surface area contributed by atoms with Crippen molar-refractivity contribution in [2.75, 3.05) is 5.32 Å². The van der Waals surface area contributed by atoms with Crippen LogP contribution in [0.25, 0.3) is 5.70 Å². The number of azo groups is 1. The molecule has 148 valence electrons. The molecule has 30 heavy (non-hydrogen) atoms. The van der Waals surface area contributed by atoms with Crippen molar-refractivity contribution in [2.24, 2.45) is 16.1 Å². The van der Waals surface area contributed by atoms with Crippen LogP contribution >= 0.6 is 0 Å². The van der Waals surface area contributed by atoms with Gasteiger partial charge in [0.05, 0.1) is 17.2 Å². The molecule has 0 spiro atoms. The van der Waals surface area contributed by atoms with E-state index in [1.54, 1.807) is 30.3 Å². The number of anilines is 1. The van der Waals surface area contributed by atoms with E-state index in [9.17, 15) is 14.4 Å². The molecule has 2 amide bonds. The number of aromatic nitrogens is 2. The SMILES string of the molecule is O=C(Nc1ccc(C2=C3C=CC=CC3C(=O)N=N2)cc1)c1n[nH]c2c1C(=O)CCC2. The Kier molecular flexibility index (Phi) is 4.31. The Morgan fingerprint density at radius 1 is 1.07 bits per heavy atom. The molecule has 1 aromatic carbocycles. The van der Waals surface area contributed by atoms with Crippen LogP contribution in [0.1, 0.15) is 44.9 Å². The standard InChI is InChI=1S/C22H17N5O3/c28-17-7-3-6-16-18(17)20(26-24-16)22(30)23-13-10-8-12(9-11-13)19-14-4-1-2-5-15(14)21(29)27-25-19/h1-2,4-5,8-11,15H,3,6-7H2,(H,23,30)(H,24,26). The Balaban J connectivity index is 1.38. The van der Waals surface area contributed by atoms with E-state index in [0.717, 1.165) is 29.7 Å². The van der Waals surface area contributed by atoms with Crippen LogP contribution in [0, 0.1) is 5.92 Å². The molecule has 0 bridgehead atoms. The first kappa shape index (κ1) is 18.1. The molecule has 0 saturated heterocycles. The summed E-state index contributed by atoms with van der Waals surface area (Å²) in [6.07, 6.45) is 9.26. The fourth-order valence-electron chi connectivity index (χ4n) is 3.90. The maximum Gasteiger partial charge on any atom is 0.276 e. The fourth-order valence-corrected chi connectivity index (χ4v) is 3.90. The van der Waals surface area contributed by atoms with Crippen LogP contribution in [0.2, 0.25) is 0 Å². The molecule has 2 heterocycles. The number of ketones is 1. The second-order valence-electron chi connectivity index (χ2n) is 7.30. The Hall–Kier alpha value is -3.94. The molecule has 2 aromatic rings. The second kappa shape index (κ2) is 7.14. The Labute approximate surface area is 171 Å². The van der Waals surface area contributed by atoms with Gasteiger partial charge in [-0.25, -0.2) is 0 Å². The Morgan fingerprint density at radius 2 is 1.90 bits per heavy atom. The molecule has 8 heteroatoms. The van der Waals surface area contributed by atoms with Gasteiger partial charge in [0, 0.05) is 23.4 Å². The van der Waals surface area contributed by atoms with Gasteiger partial charge in [-0.2, -0.15) is 5.10 Å². The molecule has 1 unspecified atom stereocenters. The van der Waals surface area contributed by atoms with Crippen LogP contribution in [0.3, 0.4) is 0 Å². The minimum atomic E-state index is -0.430. The number of allylic oxidation sites excluding steroid dienone is 3. The molecular weight excluding hydrogens is 382 g/mol. The first-order chi connectivity index (χ1) is 14.6. The van der Waals surface area contributed by atoms with Gasteiger partial charge in [-0.15, -0.1) is 10.2 Å². The number of H-pyrrole nitrogens is 1. The number of nitrogens with one attached hydrogen (secondary N) is 2. The zero-order valence-corrected chi connectivity index (χ0v) is 15.9. The molecule has 0 saturated carbocycles. The minimum absolute atomic E-state index is 0.0553. The Morgan fingerprint density at radius 3 is 2.73 bits per heavy atom. The van der Waals surface area contributed by atoms with E-state index in [1.807, 2.05) is 18.2 Å². The summed E-state index contributed by atoms with van der Waals surface area (Å²) in [5.41, 5.74) is 4.04. The first-order valence-corrected chi connectivity index (χ1v) is 9.68. The van der Waals surface area contributed by atoms with Gasteiger partial charge in [0.2, 0.25) is 0 Å². The van der Waals surface area contributed by atoms with Gasteiger partial charge >= 0.3 is 0 Å². The summed E-state index contributed by atoms with van der Waals surface area (Å²) < 4.78 is 0. The molecule has 1 aromatic heterocycles. The van der Waals surface area contributed by atoms with Gasteiger partial charge in [-0.05, 0) is 30.5 Å². The number of benzene rings is 1. The normalized spacial score (nSPS) is 19.7. The fraction of sp³-hybridized carbons (Fsp3) is 0.182. The summed E-state index contributed by atoms with van der Waals surface area (Å²) >= 11 is 0. The van der Waals surface area contributed by atoms with Crippen molar-refractivity contribution in [3.63, 3.8) is 0 Å². The molecule has 3 aliphatic rings. The topological polar surface area (TPSA) is 117 Å². The number of carbonyl (C=O) groups is 3. The number of fused-ring (bicyclic) bond motifs is 2. The molecule has 2 aliphatic carbocycles. The van der Waals surface area contributed by atoms with Crippen molar-refractivity contribution in [3.05, 3.63) is 76.7 Å². The van der Waals surface area contributed by atoms with Gasteiger partial charge in [-0.3, -0.25) is 19.5 Å². The number of aromatic amines is 1. The van der Waals surface area contributed by atoms with Crippen molar-refractivity contribution in [3.8, 4) is 0 Å². The quantitative estimate of drug-likeness (QED) is 0.819. The highest BCUT2D eigenvalue weighted by molar-refractivity contribution is 6.12. The third-order valence-electron chi connectivity index (χ3n) is 5.40. The number of Topliss-reactive ketones (excluding diaryl/α,β-unsaturated/α-hetero) is 1. The summed E-state index contributed by atoms with van der Waals surface area (Å²) in [5.74, 6) is -1.18. The number of aryl methyl sites for hydroxylation is 1. The lowest BCUT2D eigenvalue weighted by Crippen LogP contribution is -2.18. The smallest absolute Gasteiger partial charge is 0.276 e. The largest absolute Gasteiger partial charge is 0.321 e. The molecular formula is C22H17N5O3. The number of carbonyl (C=O) groups excluding carboxylic acids is 3. The van der Waals surface area contributed by atoms with Gasteiger partial charge in [-0.1, -0.05) is 36.4 Å². The second-order valence-corrected chi connectivity index (χ2v) is 7.30. The Bertz CT molecular complexity index is 1200. The van der Waals surface area contributed by atoms with E-state index in [2.05, 4.69) is 25.7 Å². The van der Waals surface area contributed by atoms with E-state index < -0.39 is 11.8 Å². The zero-order valence-electron chi connectivity index (χ0n) is 15.9. The van der Waals surface area contributed by atoms with Gasteiger partial charge in [0.25, 0.3) is 11.8 Å². The van der Waals surface area contributed by atoms with Gasteiger partial charge in [0.1, 0.15) is 0 Å². The molecule has 8 nitrogen and oxygen atoms in total. The molecule has 0 radical (unpaired) electrons. The molecule has 0 fully saturated rings. The van der Waals surface area contributed by atoms with Crippen molar-refractivity contribution < 1.29 is 14.4 Å². The van der Waals surface area contributed by atoms with Crippen LogP contribution in [-0.2, 0) is 11.2 Å². The lowest BCUT2D eigenvalue weighted by molar-refractivity contribution is -0.119. The summed E-state index contributed by atoms with van der Waals surface area (Å²) in [6, 6.07) is 7.10. The first-order valence-electron chi connectivity index (χ1n) is 9.68. The third kappa shape index (κ3) is 3.02. The molecule has 2 N–H and O–H groups in total. The lowest BCUT2D eigenvalue weighted by atomic mass is 9.89. The average molecular weight is 399 g/mol.